The van der Waals surface area contributed by atoms with Crippen LogP contribution in [0.1, 0.15) is 61.8 Å². The average Bonchev–Trinajstić information content (AvgIpc) is 3.42. The van der Waals surface area contributed by atoms with Crippen LogP contribution in [-0.2, 0) is 24.6 Å². The maximum Gasteiger partial charge on any atom is 0.260 e. The van der Waals surface area contributed by atoms with Gasteiger partial charge in [0.2, 0.25) is 11.8 Å². The molecule has 2 saturated heterocycles. The number of rotatable bonds is 4. The molecule has 248 valence electrons. The number of likely N-dealkylation sites (tertiary alicyclic amines) is 1. The van der Waals surface area contributed by atoms with Gasteiger partial charge in [0.05, 0.1) is 28.9 Å². The van der Waals surface area contributed by atoms with Crippen molar-refractivity contribution in [3.63, 3.8) is 0 Å². The Bertz CT molecular complexity index is 1890. The van der Waals surface area contributed by atoms with Gasteiger partial charge in [0.25, 0.3) is 11.8 Å². The molecule has 0 bridgehead atoms. The van der Waals surface area contributed by atoms with E-state index in [1.54, 1.807) is 38.1 Å². The van der Waals surface area contributed by atoms with Crippen molar-refractivity contribution in [2.24, 2.45) is 23.7 Å². The molecule has 2 N–H and O–H groups in total. The molecular weight excluding hydrogens is 633 g/mol. The SMILES string of the molecule is Cc1cc(C2C3=CCC4C(=O)N(C(C)(C)C)C(=O)C4C3CC3C(=O)N(Nc4ccc(F)cc4)C(=O)C32c2ccc(Cl)cc2)cc(C)c1O. The third-order valence-corrected chi connectivity index (χ3v) is 11.0. The van der Waals surface area contributed by atoms with Gasteiger partial charge < -0.3 is 5.11 Å². The zero-order valence-corrected chi connectivity index (χ0v) is 28.1. The third-order valence-electron chi connectivity index (χ3n) is 10.8. The zero-order valence-electron chi connectivity index (χ0n) is 27.4. The fourth-order valence-electron chi connectivity index (χ4n) is 8.85. The number of nitrogens with one attached hydrogen (secondary N) is 1. The van der Waals surface area contributed by atoms with E-state index in [1.807, 2.05) is 39.0 Å². The maximum absolute atomic E-state index is 15.2. The van der Waals surface area contributed by atoms with Crippen LogP contribution in [0.5, 0.6) is 5.75 Å². The smallest absolute Gasteiger partial charge is 0.260 e. The molecule has 2 aliphatic heterocycles. The number of hydrazine groups is 1. The summed E-state index contributed by atoms with van der Waals surface area (Å²) < 4.78 is 13.8. The predicted octanol–water partition coefficient (Wildman–Crippen LogP) is 6.58. The van der Waals surface area contributed by atoms with Gasteiger partial charge in [-0.2, -0.15) is 5.01 Å². The highest BCUT2D eigenvalue weighted by atomic mass is 35.5. The van der Waals surface area contributed by atoms with Crippen LogP contribution in [0, 0.1) is 43.3 Å². The Balaban J connectivity index is 1.48. The highest BCUT2D eigenvalue weighted by Crippen LogP contribution is 2.64. The van der Waals surface area contributed by atoms with E-state index in [1.165, 1.54) is 29.2 Å². The summed E-state index contributed by atoms with van der Waals surface area (Å²) in [4.78, 5) is 59.2. The quantitative estimate of drug-likeness (QED) is 0.240. The highest BCUT2D eigenvalue weighted by molar-refractivity contribution is 6.30. The second-order valence-corrected chi connectivity index (χ2v) is 15.0. The summed E-state index contributed by atoms with van der Waals surface area (Å²) in [6.45, 7) is 9.08. The maximum atomic E-state index is 15.2. The van der Waals surface area contributed by atoms with Crippen molar-refractivity contribution in [1.82, 2.24) is 9.91 Å². The molecular formula is C38H37ClFN3O5. The first kappa shape index (κ1) is 32.1. The molecule has 6 unspecified atom stereocenters. The fraction of sp³-hybridized carbons (Fsp3) is 0.368. The Kier molecular flexibility index (Phi) is 7.36. The third kappa shape index (κ3) is 4.54. The van der Waals surface area contributed by atoms with E-state index in [9.17, 15) is 23.9 Å². The zero-order chi connectivity index (χ0) is 34.4. The monoisotopic (exact) mass is 669 g/mol. The first-order valence-corrected chi connectivity index (χ1v) is 16.6. The second kappa shape index (κ2) is 11.0. The van der Waals surface area contributed by atoms with Crippen molar-refractivity contribution in [3.05, 3.63) is 105 Å². The van der Waals surface area contributed by atoms with Gasteiger partial charge in [-0.1, -0.05) is 47.5 Å². The van der Waals surface area contributed by atoms with Crippen molar-refractivity contribution in [1.29, 1.82) is 0 Å². The number of halogens is 2. The summed E-state index contributed by atoms with van der Waals surface area (Å²) in [6.07, 6.45) is 2.49. The van der Waals surface area contributed by atoms with Crippen LogP contribution in [0.2, 0.25) is 5.02 Å². The molecule has 6 atom stereocenters. The molecule has 1 saturated carbocycles. The Morgan fingerprint density at radius 3 is 2.12 bits per heavy atom. The number of aryl methyl sites for hydroxylation is 2. The molecule has 3 fully saturated rings. The molecule has 8 nitrogen and oxygen atoms in total. The predicted molar refractivity (Wildman–Crippen MR) is 178 cm³/mol. The van der Waals surface area contributed by atoms with Crippen molar-refractivity contribution in [3.8, 4) is 5.75 Å². The molecule has 4 amide bonds. The van der Waals surface area contributed by atoms with E-state index in [4.69, 9.17) is 11.6 Å². The minimum Gasteiger partial charge on any atom is -0.507 e. The molecule has 0 aromatic heterocycles. The van der Waals surface area contributed by atoms with E-state index in [-0.39, 0.29) is 24.0 Å². The van der Waals surface area contributed by atoms with Gasteiger partial charge in [-0.15, -0.1) is 0 Å². The topological polar surface area (TPSA) is 107 Å². The number of fused-ring (bicyclic) bond motifs is 4. The number of carbonyl (C=O) groups is 4. The molecule has 2 heterocycles. The van der Waals surface area contributed by atoms with E-state index in [2.05, 4.69) is 5.43 Å². The van der Waals surface area contributed by atoms with E-state index >= 15 is 4.79 Å². The fourth-order valence-corrected chi connectivity index (χ4v) is 8.97. The Hall–Kier alpha value is -4.50. The minimum absolute atomic E-state index is 0.131. The molecule has 0 spiro atoms. The summed E-state index contributed by atoms with van der Waals surface area (Å²) >= 11 is 6.35. The molecule has 3 aromatic carbocycles. The van der Waals surface area contributed by atoms with Crippen LogP contribution in [0.15, 0.2) is 72.3 Å². The minimum atomic E-state index is -1.48. The van der Waals surface area contributed by atoms with E-state index in [0.717, 1.165) is 10.6 Å². The number of amides is 4. The average molecular weight is 670 g/mol. The standard InChI is InChI=1S/C38H37ClFN3O5/c1-19-16-21(17-20(2)32(19)44)31-26-14-15-27-30(35(47)42(33(27)45)37(3,4)5)28(26)18-29-34(46)43(41-25-12-10-24(40)11-13-25)36(48)38(29,31)22-6-8-23(39)9-7-22/h6-14,16-17,27-31,41,44H,15,18H2,1-5H3. The summed E-state index contributed by atoms with van der Waals surface area (Å²) in [5.41, 5.74) is 4.44. The lowest BCUT2D eigenvalue weighted by Gasteiger charge is -2.50. The van der Waals surface area contributed by atoms with Gasteiger partial charge in [-0.25, -0.2) is 4.39 Å². The van der Waals surface area contributed by atoms with Gasteiger partial charge in [-0.3, -0.25) is 29.5 Å². The molecule has 0 radical (unpaired) electrons. The number of nitrogens with zero attached hydrogens (tertiary/aromatic N) is 2. The van der Waals surface area contributed by atoms with Crippen LogP contribution in [0.25, 0.3) is 0 Å². The normalized spacial score (nSPS) is 28.3. The number of benzene rings is 3. The van der Waals surface area contributed by atoms with Crippen LogP contribution in [-0.4, -0.2) is 44.2 Å². The van der Waals surface area contributed by atoms with E-state index in [0.29, 0.717) is 39.4 Å². The van der Waals surface area contributed by atoms with E-state index < -0.39 is 58.2 Å². The van der Waals surface area contributed by atoms with Crippen molar-refractivity contribution in [2.75, 3.05) is 5.43 Å². The van der Waals surface area contributed by atoms with Gasteiger partial charge in [-0.05, 0) is 112 Å². The number of hydrogen-bond acceptors (Lipinski definition) is 6. The molecule has 4 aliphatic rings. The van der Waals surface area contributed by atoms with Gasteiger partial charge >= 0.3 is 0 Å². The summed E-state index contributed by atoms with van der Waals surface area (Å²) in [5, 5.41) is 12.3. The number of phenolic OH excluding ortho intramolecular Hbond substituents is 1. The largest absolute Gasteiger partial charge is 0.507 e. The Morgan fingerprint density at radius 2 is 1.52 bits per heavy atom. The molecule has 2 aliphatic carbocycles. The lowest BCUT2D eigenvalue weighted by molar-refractivity contribution is -0.146. The number of allylic oxidation sites excluding steroid dienone is 2. The van der Waals surface area contributed by atoms with Crippen molar-refractivity contribution < 1.29 is 28.7 Å². The van der Waals surface area contributed by atoms with Crippen molar-refractivity contribution in [2.45, 2.75) is 64.3 Å². The number of imide groups is 2. The van der Waals surface area contributed by atoms with Crippen LogP contribution >= 0.6 is 11.6 Å². The molecule has 3 aromatic rings. The second-order valence-electron chi connectivity index (χ2n) is 14.6. The van der Waals surface area contributed by atoms with Gasteiger partial charge in [0.1, 0.15) is 11.6 Å². The lowest BCUT2D eigenvalue weighted by atomic mass is 9.49. The van der Waals surface area contributed by atoms with Crippen LogP contribution in [0.4, 0.5) is 10.1 Å². The van der Waals surface area contributed by atoms with Gasteiger partial charge in [0, 0.05) is 16.5 Å². The van der Waals surface area contributed by atoms with Crippen LogP contribution in [0.3, 0.4) is 0 Å². The number of phenols is 1. The van der Waals surface area contributed by atoms with Crippen molar-refractivity contribution >= 4 is 40.9 Å². The molecule has 7 rings (SSSR count). The summed E-state index contributed by atoms with van der Waals surface area (Å²) in [7, 11) is 0. The lowest BCUT2D eigenvalue weighted by Crippen LogP contribution is -2.53. The molecule has 48 heavy (non-hydrogen) atoms. The molecule has 10 heteroatoms. The highest BCUT2D eigenvalue weighted by Gasteiger charge is 2.70. The summed E-state index contributed by atoms with van der Waals surface area (Å²) in [5.74, 6) is -5.23. The Morgan fingerprint density at radius 1 is 0.896 bits per heavy atom. The first-order valence-electron chi connectivity index (χ1n) is 16.2. The number of anilines is 1. The number of hydrogen-bond donors (Lipinski definition) is 2. The Labute approximate surface area is 283 Å². The number of aromatic hydroxyl groups is 1. The summed E-state index contributed by atoms with van der Waals surface area (Å²) in [6, 6.07) is 16.0. The first-order chi connectivity index (χ1) is 22.7. The number of carbonyl (C=O) groups excluding carboxylic acids is 4. The van der Waals surface area contributed by atoms with Crippen LogP contribution < -0.4 is 5.43 Å². The van der Waals surface area contributed by atoms with Gasteiger partial charge in [0.15, 0.2) is 0 Å².